The molecule has 2 aliphatic heterocycles. The van der Waals surface area contributed by atoms with Gasteiger partial charge in [-0.05, 0) is 62.8 Å². The average Bonchev–Trinajstić information content (AvgIpc) is 3.44. The Morgan fingerprint density at radius 2 is 1.97 bits per heavy atom. The fourth-order valence-electron chi connectivity index (χ4n) is 6.14. The molecule has 2 bridgehead atoms. The van der Waals surface area contributed by atoms with Gasteiger partial charge in [0.1, 0.15) is 28.5 Å². The van der Waals surface area contributed by atoms with Crippen LogP contribution >= 0.6 is 11.3 Å². The molecule has 7 rings (SSSR count). The lowest BCUT2D eigenvalue weighted by Crippen LogP contribution is -2.45. The highest BCUT2D eigenvalue weighted by atomic mass is 32.1. The van der Waals surface area contributed by atoms with E-state index in [-0.39, 0.29) is 17.5 Å². The number of aromatic carboxylic acids is 1. The number of carboxylic acid groups (broad SMARTS) is 1. The summed E-state index contributed by atoms with van der Waals surface area (Å²) in [6.45, 7) is 0.390. The topological polar surface area (TPSA) is 97.9 Å². The van der Waals surface area contributed by atoms with Crippen LogP contribution in [0.4, 0.5) is 9.52 Å². The molecule has 0 amide bonds. The highest BCUT2D eigenvalue weighted by Gasteiger charge is 2.43. The minimum absolute atomic E-state index is 0.0867. The van der Waals surface area contributed by atoms with Crippen molar-refractivity contribution in [3.63, 3.8) is 0 Å². The third-order valence-electron chi connectivity index (χ3n) is 8.15. The number of benzene rings is 2. The SMILES string of the molecule is COc1cc(C(=O)O)cc2sc(N3C4CCC3CC(OCc3c(-c5cccc(F)c5)noc3C3CC3)C4)nc12. The normalized spacial score (nSPS) is 22.5. The van der Waals surface area contributed by atoms with E-state index in [1.54, 1.807) is 12.1 Å². The van der Waals surface area contributed by atoms with Crippen LogP contribution in [0.15, 0.2) is 40.9 Å². The van der Waals surface area contributed by atoms with E-state index in [1.807, 2.05) is 6.07 Å². The van der Waals surface area contributed by atoms with Gasteiger partial charge in [0.05, 0.1) is 30.1 Å². The number of aromatic nitrogens is 2. The van der Waals surface area contributed by atoms with Gasteiger partial charge in [0, 0.05) is 29.1 Å². The first-order valence-electron chi connectivity index (χ1n) is 13.3. The minimum atomic E-state index is -0.985. The molecule has 3 fully saturated rings. The van der Waals surface area contributed by atoms with Crippen LogP contribution in [0.5, 0.6) is 5.75 Å². The summed E-state index contributed by atoms with van der Waals surface area (Å²) < 4.78 is 32.5. The monoisotopic (exact) mass is 549 g/mol. The van der Waals surface area contributed by atoms with Crippen molar-refractivity contribution < 1.29 is 28.3 Å². The third-order valence-corrected chi connectivity index (χ3v) is 9.17. The van der Waals surface area contributed by atoms with Crippen molar-refractivity contribution >= 4 is 32.7 Å². The lowest BCUT2D eigenvalue weighted by atomic mass is 10.00. The van der Waals surface area contributed by atoms with Crippen molar-refractivity contribution in [3.8, 4) is 17.0 Å². The molecule has 202 valence electrons. The number of carbonyl (C=O) groups is 1. The summed E-state index contributed by atoms with van der Waals surface area (Å²) in [5.74, 6) is 0.438. The van der Waals surface area contributed by atoms with E-state index < -0.39 is 5.97 Å². The molecular weight excluding hydrogens is 521 g/mol. The largest absolute Gasteiger partial charge is 0.494 e. The van der Waals surface area contributed by atoms with Crippen LogP contribution in [0.3, 0.4) is 0 Å². The number of rotatable bonds is 8. The summed E-state index contributed by atoms with van der Waals surface area (Å²) in [5, 5.41) is 14.7. The Labute approximate surface area is 228 Å². The van der Waals surface area contributed by atoms with E-state index in [2.05, 4.69) is 10.1 Å². The minimum Gasteiger partial charge on any atom is -0.494 e. The van der Waals surface area contributed by atoms with E-state index in [0.717, 1.165) is 59.7 Å². The zero-order chi connectivity index (χ0) is 26.7. The van der Waals surface area contributed by atoms with Gasteiger partial charge < -0.3 is 24.0 Å². The maximum absolute atomic E-state index is 13.9. The zero-order valence-electron chi connectivity index (χ0n) is 21.4. The molecule has 4 heterocycles. The molecule has 0 radical (unpaired) electrons. The summed E-state index contributed by atoms with van der Waals surface area (Å²) in [6.07, 6.45) is 6.12. The molecule has 0 spiro atoms. The van der Waals surface area contributed by atoms with Gasteiger partial charge in [0.2, 0.25) is 0 Å². The summed E-state index contributed by atoms with van der Waals surface area (Å²) in [6, 6.07) is 10.3. The smallest absolute Gasteiger partial charge is 0.335 e. The average molecular weight is 550 g/mol. The molecule has 10 heteroatoms. The fourth-order valence-corrected chi connectivity index (χ4v) is 7.31. The number of hydrogen-bond acceptors (Lipinski definition) is 8. The molecule has 39 heavy (non-hydrogen) atoms. The summed E-state index contributed by atoms with van der Waals surface area (Å²) in [7, 11) is 1.54. The maximum atomic E-state index is 13.9. The van der Waals surface area contributed by atoms with Crippen molar-refractivity contribution in [2.24, 2.45) is 0 Å². The number of halogens is 1. The second kappa shape index (κ2) is 9.60. The van der Waals surface area contributed by atoms with Gasteiger partial charge in [-0.3, -0.25) is 0 Å². The molecule has 2 atom stereocenters. The van der Waals surface area contributed by atoms with E-state index in [1.165, 1.54) is 36.6 Å². The second-order valence-corrected chi connectivity index (χ2v) is 11.7. The van der Waals surface area contributed by atoms with E-state index >= 15 is 0 Å². The number of piperidine rings is 1. The first kappa shape index (κ1) is 24.5. The molecule has 1 N–H and O–H groups in total. The fraction of sp³-hybridized carbons (Fsp3) is 0.414. The number of hydrogen-bond donors (Lipinski definition) is 1. The Morgan fingerprint density at radius 3 is 2.67 bits per heavy atom. The lowest BCUT2D eigenvalue weighted by molar-refractivity contribution is 0.0147. The van der Waals surface area contributed by atoms with Crippen molar-refractivity contribution in [2.75, 3.05) is 12.0 Å². The molecule has 2 aromatic carbocycles. The highest BCUT2D eigenvalue weighted by molar-refractivity contribution is 7.22. The standard InChI is InChI=1S/C29H28FN3O5S/c1-36-23-10-17(28(34)35)11-24-26(23)31-29(39-24)33-19-7-8-20(33)13-21(12-19)37-14-22-25(16-3-2-4-18(30)9-16)32-38-27(22)15-5-6-15/h2-4,9-11,15,19-21H,5-8,12-14H2,1H3,(H,34,35). The Kier molecular flexibility index (Phi) is 6.04. The Morgan fingerprint density at radius 1 is 1.18 bits per heavy atom. The predicted molar refractivity (Wildman–Crippen MR) is 144 cm³/mol. The first-order valence-corrected chi connectivity index (χ1v) is 14.2. The van der Waals surface area contributed by atoms with Crippen molar-refractivity contribution in [1.82, 2.24) is 10.1 Å². The molecule has 2 saturated heterocycles. The molecule has 4 aromatic rings. The second-order valence-electron chi connectivity index (χ2n) is 10.7. The van der Waals surface area contributed by atoms with Crippen molar-refractivity contribution in [1.29, 1.82) is 0 Å². The quantitative estimate of drug-likeness (QED) is 0.270. The molecule has 1 saturated carbocycles. The zero-order valence-corrected chi connectivity index (χ0v) is 22.2. The van der Waals surface area contributed by atoms with Crippen LogP contribution in [-0.4, -0.2) is 46.5 Å². The van der Waals surface area contributed by atoms with Gasteiger partial charge in [0.25, 0.3) is 0 Å². The Hall–Kier alpha value is -3.50. The number of nitrogens with zero attached hydrogens (tertiary/aromatic N) is 3. The summed E-state index contributed by atoms with van der Waals surface area (Å²) in [4.78, 5) is 18.9. The number of carboxylic acids is 1. The third kappa shape index (κ3) is 4.45. The van der Waals surface area contributed by atoms with E-state index in [4.69, 9.17) is 19.0 Å². The van der Waals surface area contributed by atoms with Gasteiger partial charge in [0.15, 0.2) is 5.13 Å². The van der Waals surface area contributed by atoms with E-state index in [0.29, 0.717) is 47.1 Å². The van der Waals surface area contributed by atoms with Gasteiger partial charge in [-0.2, -0.15) is 0 Å². The number of thiazole rings is 1. The number of fused-ring (bicyclic) bond motifs is 3. The molecule has 2 aromatic heterocycles. The highest BCUT2D eigenvalue weighted by Crippen LogP contribution is 2.46. The molecule has 8 nitrogen and oxygen atoms in total. The van der Waals surface area contributed by atoms with Crippen molar-refractivity contribution in [3.05, 3.63) is 59.1 Å². The predicted octanol–water partition coefficient (Wildman–Crippen LogP) is 6.39. The van der Waals surface area contributed by atoms with Gasteiger partial charge in [-0.15, -0.1) is 0 Å². The molecule has 2 unspecified atom stereocenters. The van der Waals surface area contributed by atoms with Crippen LogP contribution in [0.1, 0.15) is 66.1 Å². The van der Waals surface area contributed by atoms with Crippen LogP contribution in [0, 0.1) is 5.82 Å². The molecule has 3 aliphatic rings. The number of anilines is 1. The summed E-state index contributed by atoms with van der Waals surface area (Å²) >= 11 is 1.52. The van der Waals surface area contributed by atoms with Gasteiger partial charge >= 0.3 is 5.97 Å². The Bertz CT molecular complexity index is 1550. The van der Waals surface area contributed by atoms with Gasteiger partial charge in [-0.1, -0.05) is 28.6 Å². The van der Waals surface area contributed by atoms with Crippen molar-refractivity contribution in [2.45, 2.75) is 69.2 Å². The molecular formula is C29H28FN3O5S. The molecule has 1 aliphatic carbocycles. The van der Waals surface area contributed by atoms with Crippen LogP contribution < -0.4 is 9.64 Å². The first-order chi connectivity index (χ1) is 19.0. The number of ether oxygens (including phenoxy) is 2. The van der Waals surface area contributed by atoms with Gasteiger partial charge in [-0.25, -0.2) is 14.2 Å². The van der Waals surface area contributed by atoms with Crippen LogP contribution in [-0.2, 0) is 11.3 Å². The summed E-state index contributed by atoms with van der Waals surface area (Å²) in [5.41, 5.74) is 3.20. The number of methoxy groups -OCH3 is 1. The maximum Gasteiger partial charge on any atom is 0.335 e. The lowest BCUT2D eigenvalue weighted by Gasteiger charge is -2.38. The van der Waals surface area contributed by atoms with E-state index in [9.17, 15) is 14.3 Å². The van der Waals surface area contributed by atoms with Crippen LogP contribution in [0.25, 0.3) is 21.5 Å². The van der Waals surface area contributed by atoms with Crippen LogP contribution in [0.2, 0.25) is 0 Å². The Balaban J connectivity index is 1.10.